The molecule has 1 fully saturated rings. The minimum atomic E-state index is 0.364. The first-order chi connectivity index (χ1) is 7.76. The van der Waals surface area contributed by atoms with Crippen molar-refractivity contribution < 1.29 is 9.47 Å². The summed E-state index contributed by atoms with van der Waals surface area (Å²) in [4.78, 5) is 2.46. The third kappa shape index (κ3) is 5.25. The minimum Gasteiger partial charge on any atom is -0.383 e. The van der Waals surface area contributed by atoms with Gasteiger partial charge in [0.1, 0.15) is 0 Å². The molecule has 0 spiro atoms. The van der Waals surface area contributed by atoms with Crippen molar-refractivity contribution in [1.82, 2.24) is 10.2 Å². The van der Waals surface area contributed by atoms with Crippen molar-refractivity contribution >= 4 is 0 Å². The van der Waals surface area contributed by atoms with Crippen LogP contribution in [0.3, 0.4) is 0 Å². The van der Waals surface area contributed by atoms with Crippen molar-refractivity contribution in [2.75, 3.05) is 46.5 Å². The van der Waals surface area contributed by atoms with Crippen LogP contribution in [0.15, 0.2) is 0 Å². The van der Waals surface area contributed by atoms with Gasteiger partial charge in [-0.15, -0.1) is 0 Å². The second-order valence-electron chi connectivity index (χ2n) is 4.55. The van der Waals surface area contributed by atoms with Crippen LogP contribution in [-0.4, -0.2) is 63.5 Å². The molecule has 1 saturated heterocycles. The highest BCUT2D eigenvalue weighted by molar-refractivity contribution is 4.75. The number of nitrogens with zero attached hydrogens (tertiary/aromatic N) is 1. The first kappa shape index (κ1) is 13.9. The van der Waals surface area contributed by atoms with E-state index >= 15 is 0 Å². The molecule has 2 atom stereocenters. The van der Waals surface area contributed by atoms with E-state index in [1.165, 1.54) is 6.42 Å². The third-order valence-electron chi connectivity index (χ3n) is 2.85. The summed E-state index contributed by atoms with van der Waals surface area (Å²) in [6.07, 6.45) is 1.53. The summed E-state index contributed by atoms with van der Waals surface area (Å²) < 4.78 is 10.8. The molecule has 16 heavy (non-hydrogen) atoms. The normalized spacial score (nSPS) is 24.6. The van der Waals surface area contributed by atoms with Crippen LogP contribution in [0.25, 0.3) is 0 Å². The zero-order chi connectivity index (χ0) is 11.8. The van der Waals surface area contributed by atoms with E-state index in [4.69, 9.17) is 9.47 Å². The summed E-state index contributed by atoms with van der Waals surface area (Å²) in [5.74, 6) is 0. The average Bonchev–Trinajstić information content (AvgIpc) is 2.26. The number of hydrogen-bond acceptors (Lipinski definition) is 4. The van der Waals surface area contributed by atoms with Gasteiger partial charge in [-0.3, -0.25) is 4.90 Å². The van der Waals surface area contributed by atoms with Crippen molar-refractivity contribution in [3.8, 4) is 0 Å². The number of nitrogens with one attached hydrogen (secondary N) is 1. The van der Waals surface area contributed by atoms with E-state index in [0.29, 0.717) is 12.1 Å². The van der Waals surface area contributed by atoms with E-state index in [2.05, 4.69) is 24.1 Å². The molecule has 1 aliphatic heterocycles. The number of methoxy groups -OCH3 is 1. The van der Waals surface area contributed by atoms with Crippen LogP contribution < -0.4 is 5.32 Å². The van der Waals surface area contributed by atoms with Gasteiger partial charge in [0.2, 0.25) is 0 Å². The molecule has 0 aromatic carbocycles. The second-order valence-corrected chi connectivity index (χ2v) is 4.55. The predicted octanol–water partition coefficient (Wildman–Crippen LogP) is 0.722. The topological polar surface area (TPSA) is 33.7 Å². The van der Waals surface area contributed by atoms with Crippen molar-refractivity contribution in [3.63, 3.8) is 0 Å². The predicted molar refractivity (Wildman–Crippen MR) is 65.8 cm³/mol. The molecule has 0 aliphatic carbocycles. The van der Waals surface area contributed by atoms with Gasteiger partial charge in [-0.25, -0.2) is 0 Å². The Morgan fingerprint density at radius 3 is 3.00 bits per heavy atom. The van der Waals surface area contributed by atoms with Crippen LogP contribution in [0.1, 0.15) is 20.3 Å². The van der Waals surface area contributed by atoms with Gasteiger partial charge in [-0.05, 0) is 19.9 Å². The summed E-state index contributed by atoms with van der Waals surface area (Å²) in [5, 5.41) is 3.52. The quantitative estimate of drug-likeness (QED) is 0.699. The first-order valence-electron chi connectivity index (χ1n) is 6.32. The lowest BCUT2D eigenvalue weighted by Crippen LogP contribution is -2.49. The van der Waals surface area contributed by atoms with E-state index in [1.54, 1.807) is 7.11 Å². The minimum absolute atomic E-state index is 0.364. The van der Waals surface area contributed by atoms with Crippen LogP contribution in [0, 0.1) is 0 Å². The molecular formula is C12H26N2O2. The number of rotatable bonds is 7. The highest BCUT2D eigenvalue weighted by Crippen LogP contribution is 2.05. The number of morpholine rings is 1. The van der Waals surface area contributed by atoms with E-state index in [-0.39, 0.29) is 0 Å². The van der Waals surface area contributed by atoms with Gasteiger partial charge in [-0.2, -0.15) is 0 Å². The smallest absolute Gasteiger partial charge is 0.0674 e. The summed E-state index contributed by atoms with van der Waals surface area (Å²) in [6, 6.07) is 0.440. The largest absolute Gasteiger partial charge is 0.383 e. The molecular weight excluding hydrogens is 204 g/mol. The maximum absolute atomic E-state index is 5.54. The van der Waals surface area contributed by atoms with Crippen LogP contribution in [-0.2, 0) is 9.47 Å². The molecule has 96 valence electrons. The fourth-order valence-corrected chi connectivity index (χ4v) is 2.09. The number of ether oxygens (including phenoxy) is 2. The van der Waals surface area contributed by atoms with Gasteiger partial charge in [-0.1, -0.05) is 6.92 Å². The Labute approximate surface area is 99.3 Å². The maximum Gasteiger partial charge on any atom is 0.0674 e. The Morgan fingerprint density at radius 2 is 2.38 bits per heavy atom. The maximum atomic E-state index is 5.54. The zero-order valence-electron chi connectivity index (χ0n) is 10.9. The van der Waals surface area contributed by atoms with Crippen molar-refractivity contribution in [2.24, 2.45) is 0 Å². The van der Waals surface area contributed by atoms with Crippen LogP contribution in [0.5, 0.6) is 0 Å². The fourth-order valence-electron chi connectivity index (χ4n) is 2.09. The Hall–Kier alpha value is -0.160. The first-order valence-corrected chi connectivity index (χ1v) is 6.32. The van der Waals surface area contributed by atoms with E-state index in [1.807, 2.05) is 0 Å². The van der Waals surface area contributed by atoms with Crippen molar-refractivity contribution in [1.29, 1.82) is 0 Å². The second kappa shape index (κ2) is 8.01. The Bertz CT molecular complexity index is 178. The summed E-state index contributed by atoms with van der Waals surface area (Å²) >= 11 is 0. The molecule has 1 aliphatic rings. The summed E-state index contributed by atoms with van der Waals surface area (Å²) in [7, 11) is 1.77. The molecule has 4 nitrogen and oxygen atoms in total. The highest BCUT2D eigenvalue weighted by atomic mass is 16.5. The van der Waals surface area contributed by atoms with Gasteiger partial charge in [0.25, 0.3) is 0 Å². The molecule has 0 aromatic rings. The number of hydrogen-bond donors (Lipinski definition) is 1. The van der Waals surface area contributed by atoms with Crippen molar-refractivity contribution in [3.05, 3.63) is 0 Å². The molecule has 1 heterocycles. The third-order valence-corrected chi connectivity index (χ3v) is 2.85. The molecule has 1 N–H and O–H groups in total. The lowest BCUT2D eigenvalue weighted by molar-refractivity contribution is -0.0237. The standard InChI is InChI=1S/C12H26N2O2/c1-4-5-13-12(10-15-3)9-14-6-7-16-11(2)8-14/h11-13H,4-10H2,1-3H3. The lowest BCUT2D eigenvalue weighted by Gasteiger charge is -2.33. The summed E-state index contributed by atoms with van der Waals surface area (Å²) in [5.41, 5.74) is 0. The molecule has 0 bridgehead atoms. The fraction of sp³-hybridized carbons (Fsp3) is 1.00. The molecule has 0 aromatic heterocycles. The molecule has 0 radical (unpaired) electrons. The van der Waals surface area contributed by atoms with Gasteiger partial charge in [0.15, 0.2) is 0 Å². The van der Waals surface area contributed by atoms with Gasteiger partial charge in [0.05, 0.1) is 19.3 Å². The van der Waals surface area contributed by atoms with E-state index < -0.39 is 0 Å². The Kier molecular flexibility index (Phi) is 6.96. The molecule has 0 saturated carbocycles. The lowest BCUT2D eigenvalue weighted by atomic mass is 10.2. The monoisotopic (exact) mass is 230 g/mol. The van der Waals surface area contributed by atoms with Crippen molar-refractivity contribution in [2.45, 2.75) is 32.4 Å². The van der Waals surface area contributed by atoms with E-state index in [9.17, 15) is 0 Å². The van der Waals surface area contributed by atoms with E-state index in [0.717, 1.165) is 39.4 Å². The SMILES string of the molecule is CCCNC(COC)CN1CCOC(C)C1. The molecule has 4 heteroatoms. The highest BCUT2D eigenvalue weighted by Gasteiger charge is 2.19. The molecule has 1 rings (SSSR count). The van der Waals surface area contributed by atoms with Crippen LogP contribution in [0.4, 0.5) is 0 Å². The van der Waals surface area contributed by atoms with Gasteiger partial charge < -0.3 is 14.8 Å². The molecule has 0 amide bonds. The van der Waals surface area contributed by atoms with Gasteiger partial charge in [0, 0.05) is 32.8 Å². The molecule has 2 unspecified atom stereocenters. The Morgan fingerprint density at radius 1 is 1.56 bits per heavy atom. The van der Waals surface area contributed by atoms with Crippen LogP contribution >= 0.6 is 0 Å². The van der Waals surface area contributed by atoms with Gasteiger partial charge >= 0.3 is 0 Å². The zero-order valence-corrected chi connectivity index (χ0v) is 10.9. The average molecular weight is 230 g/mol. The summed E-state index contributed by atoms with van der Waals surface area (Å²) in [6.45, 7) is 10.2. The van der Waals surface area contributed by atoms with Crippen LogP contribution in [0.2, 0.25) is 0 Å². The Balaban J connectivity index is 2.28.